The maximum absolute atomic E-state index is 11.2. The number of benzene rings is 1. The van der Waals surface area contributed by atoms with Gasteiger partial charge in [0.25, 0.3) is 0 Å². The van der Waals surface area contributed by atoms with E-state index in [1.54, 1.807) is 6.07 Å². The van der Waals surface area contributed by atoms with Crippen molar-refractivity contribution in [1.82, 2.24) is 0 Å². The van der Waals surface area contributed by atoms with E-state index in [-0.39, 0.29) is 0 Å². The van der Waals surface area contributed by atoms with E-state index in [1.807, 2.05) is 19.1 Å². The molecular formula is C14H19NO2. The lowest BCUT2D eigenvalue weighted by Gasteiger charge is -2.07. The lowest BCUT2D eigenvalue weighted by atomic mass is 9.99. The molecule has 0 aliphatic rings. The van der Waals surface area contributed by atoms with Gasteiger partial charge in [0, 0.05) is 10.7 Å². The first-order valence-electron chi connectivity index (χ1n) is 6.01. The fourth-order valence-electron chi connectivity index (χ4n) is 1.88. The third-order valence-electron chi connectivity index (χ3n) is 2.85. The van der Waals surface area contributed by atoms with Crippen molar-refractivity contribution in [3.63, 3.8) is 0 Å². The molecule has 0 heterocycles. The summed E-state index contributed by atoms with van der Waals surface area (Å²) in [6.45, 7) is 6.26. The summed E-state index contributed by atoms with van der Waals surface area (Å²) in [4.78, 5) is 21.4. The van der Waals surface area contributed by atoms with E-state index in [1.165, 1.54) is 12.0 Å². The summed E-state index contributed by atoms with van der Waals surface area (Å²) >= 11 is 0. The number of amides is 1. The van der Waals surface area contributed by atoms with E-state index in [2.05, 4.69) is 19.0 Å². The highest BCUT2D eigenvalue weighted by Crippen LogP contribution is 2.15. The van der Waals surface area contributed by atoms with Gasteiger partial charge >= 0.3 is 5.91 Å². The average molecular weight is 233 g/mol. The van der Waals surface area contributed by atoms with Crippen LogP contribution in [0.25, 0.3) is 0 Å². The number of nitrogens with zero attached hydrogens (tertiary/aromatic N) is 1. The van der Waals surface area contributed by atoms with Gasteiger partial charge in [-0.1, -0.05) is 32.4 Å². The smallest absolute Gasteiger partial charge is 0.263 e. The van der Waals surface area contributed by atoms with Gasteiger partial charge < -0.3 is 0 Å². The van der Waals surface area contributed by atoms with Gasteiger partial charge in [-0.15, -0.1) is 4.91 Å². The molecule has 17 heavy (non-hydrogen) atoms. The Hall–Kier alpha value is -1.51. The maximum Gasteiger partial charge on any atom is 0.317 e. The lowest BCUT2D eigenvalue weighted by molar-refractivity contribution is 0.1000. The Bertz CT molecular complexity index is 411. The molecule has 0 unspecified atom stereocenters. The third kappa shape index (κ3) is 4.10. The molecule has 0 bridgehead atoms. The van der Waals surface area contributed by atoms with Crippen LogP contribution in [-0.2, 0) is 6.42 Å². The largest absolute Gasteiger partial charge is 0.317 e. The first-order valence-corrected chi connectivity index (χ1v) is 6.01. The Kier molecular flexibility index (Phi) is 5.01. The number of carbonyl (C=O) groups is 1. The maximum atomic E-state index is 11.2. The van der Waals surface area contributed by atoms with Crippen LogP contribution >= 0.6 is 0 Å². The molecule has 0 saturated carbocycles. The summed E-state index contributed by atoms with van der Waals surface area (Å²) in [6, 6.07) is 5.58. The average Bonchev–Trinajstić information content (AvgIpc) is 2.28. The summed E-state index contributed by atoms with van der Waals surface area (Å²) in [5.41, 5.74) is 2.45. The quantitative estimate of drug-likeness (QED) is 0.724. The molecule has 0 aliphatic carbocycles. The fraction of sp³-hybridized carbons (Fsp3) is 0.500. The summed E-state index contributed by atoms with van der Waals surface area (Å²) in [5.74, 6) is 0.0347. The van der Waals surface area contributed by atoms with E-state index in [4.69, 9.17) is 0 Å². The molecule has 0 aromatic heterocycles. The number of hydrogen-bond acceptors (Lipinski definition) is 2. The Morgan fingerprint density at radius 2 is 2.06 bits per heavy atom. The van der Waals surface area contributed by atoms with Crippen molar-refractivity contribution in [2.75, 3.05) is 0 Å². The van der Waals surface area contributed by atoms with Crippen LogP contribution in [0, 0.1) is 17.7 Å². The Morgan fingerprint density at radius 3 is 2.59 bits per heavy atom. The van der Waals surface area contributed by atoms with Gasteiger partial charge in [0.2, 0.25) is 0 Å². The zero-order valence-corrected chi connectivity index (χ0v) is 10.7. The minimum absolute atomic E-state index is 0.410. The van der Waals surface area contributed by atoms with Crippen molar-refractivity contribution in [1.29, 1.82) is 0 Å². The highest BCUT2D eigenvalue weighted by molar-refractivity contribution is 5.96. The molecule has 0 radical (unpaired) electrons. The highest BCUT2D eigenvalue weighted by atomic mass is 16.3. The van der Waals surface area contributed by atoms with Crippen LogP contribution in [0.2, 0.25) is 0 Å². The predicted octanol–water partition coefficient (Wildman–Crippen LogP) is 3.88. The first kappa shape index (κ1) is 13.6. The second-order valence-electron chi connectivity index (χ2n) is 4.83. The van der Waals surface area contributed by atoms with Crippen molar-refractivity contribution in [3.05, 3.63) is 39.8 Å². The van der Waals surface area contributed by atoms with Crippen LogP contribution in [0.5, 0.6) is 0 Å². The van der Waals surface area contributed by atoms with E-state index in [0.29, 0.717) is 5.56 Å². The molecule has 3 heteroatoms. The van der Waals surface area contributed by atoms with Gasteiger partial charge in [-0.05, 0) is 42.9 Å². The molecule has 1 aromatic rings. The van der Waals surface area contributed by atoms with Gasteiger partial charge in [0.15, 0.2) is 0 Å². The summed E-state index contributed by atoms with van der Waals surface area (Å²) in [6.07, 6.45) is 3.37. The van der Waals surface area contributed by atoms with E-state index >= 15 is 0 Å². The minimum atomic E-state index is -0.684. The Balaban J connectivity index is 2.68. The third-order valence-corrected chi connectivity index (χ3v) is 2.85. The number of hydrogen-bond donors (Lipinski definition) is 0. The molecule has 0 saturated heterocycles. The number of rotatable bonds is 5. The van der Waals surface area contributed by atoms with Crippen molar-refractivity contribution in [2.24, 2.45) is 11.1 Å². The molecule has 0 aliphatic heterocycles. The normalized spacial score (nSPS) is 10.6. The number of nitroso groups, excluding NO2 is 1. The van der Waals surface area contributed by atoms with Crippen molar-refractivity contribution in [3.8, 4) is 0 Å². The molecule has 3 nitrogen and oxygen atoms in total. The topological polar surface area (TPSA) is 46.5 Å². The monoisotopic (exact) mass is 233 g/mol. The van der Waals surface area contributed by atoms with Gasteiger partial charge in [-0.3, -0.25) is 4.79 Å². The van der Waals surface area contributed by atoms with Crippen molar-refractivity contribution >= 4 is 5.91 Å². The van der Waals surface area contributed by atoms with E-state index in [0.717, 1.165) is 24.3 Å². The second-order valence-corrected chi connectivity index (χ2v) is 4.83. The molecule has 0 N–H and O–H groups in total. The molecule has 0 atom stereocenters. The molecule has 1 amide bonds. The fourth-order valence-corrected chi connectivity index (χ4v) is 1.88. The zero-order valence-electron chi connectivity index (χ0n) is 10.7. The lowest BCUT2D eigenvalue weighted by Crippen LogP contribution is -1.99. The predicted molar refractivity (Wildman–Crippen MR) is 69.1 cm³/mol. The molecule has 92 valence electrons. The number of aryl methyl sites for hydroxylation is 2. The number of carbonyl (C=O) groups excluding carboxylic acids is 1. The van der Waals surface area contributed by atoms with Gasteiger partial charge in [0.1, 0.15) is 0 Å². The van der Waals surface area contributed by atoms with Gasteiger partial charge in [-0.2, -0.15) is 0 Å². The molecule has 1 rings (SSSR count). The Morgan fingerprint density at radius 1 is 1.35 bits per heavy atom. The van der Waals surface area contributed by atoms with E-state index in [9.17, 15) is 9.70 Å². The van der Waals surface area contributed by atoms with Crippen LogP contribution in [-0.4, -0.2) is 5.91 Å². The van der Waals surface area contributed by atoms with Crippen LogP contribution < -0.4 is 0 Å². The minimum Gasteiger partial charge on any atom is -0.263 e. The summed E-state index contributed by atoms with van der Waals surface area (Å²) < 4.78 is 0. The van der Waals surface area contributed by atoms with Crippen LogP contribution in [0.3, 0.4) is 0 Å². The van der Waals surface area contributed by atoms with Crippen LogP contribution in [0.1, 0.15) is 48.2 Å². The van der Waals surface area contributed by atoms with Crippen LogP contribution in [0.15, 0.2) is 23.4 Å². The van der Waals surface area contributed by atoms with E-state index < -0.39 is 5.91 Å². The SMILES string of the molecule is Cc1cc(CCCC(C)C)ccc1C(=O)N=O. The van der Waals surface area contributed by atoms with Crippen molar-refractivity contribution in [2.45, 2.75) is 40.0 Å². The first-order chi connectivity index (χ1) is 8.04. The zero-order chi connectivity index (χ0) is 12.8. The van der Waals surface area contributed by atoms with Crippen LogP contribution in [0.4, 0.5) is 0 Å². The molecular weight excluding hydrogens is 214 g/mol. The highest BCUT2D eigenvalue weighted by Gasteiger charge is 2.09. The summed E-state index contributed by atoms with van der Waals surface area (Å²) in [5, 5.41) is 2.45. The van der Waals surface area contributed by atoms with Gasteiger partial charge in [-0.25, -0.2) is 0 Å². The Labute approximate surface area is 102 Å². The van der Waals surface area contributed by atoms with Gasteiger partial charge in [0.05, 0.1) is 0 Å². The second kappa shape index (κ2) is 6.28. The molecule has 0 fully saturated rings. The standard InChI is InChI=1S/C14H19NO2/c1-10(2)5-4-6-12-7-8-13(11(3)9-12)14(16)15-17/h7-10H,4-6H2,1-3H3. The summed E-state index contributed by atoms with van der Waals surface area (Å²) in [7, 11) is 0. The molecule has 1 aromatic carbocycles. The van der Waals surface area contributed by atoms with Crippen molar-refractivity contribution < 1.29 is 4.79 Å². The molecule has 0 spiro atoms.